The third kappa shape index (κ3) is 7.32. The fourth-order valence-electron chi connectivity index (χ4n) is 2.22. The summed E-state index contributed by atoms with van der Waals surface area (Å²) >= 11 is 3.33. The average molecular weight is 446 g/mol. The van der Waals surface area contributed by atoms with E-state index in [4.69, 9.17) is 0 Å². The molecule has 2 rings (SSSR count). The first-order valence-electron chi connectivity index (χ1n) is 8.53. The van der Waals surface area contributed by atoms with Crippen molar-refractivity contribution >= 4 is 45.6 Å². The molecule has 0 aromatic heterocycles. The number of carbonyl (C=O) groups is 3. The number of nitrogens with one attached hydrogen (secondary N) is 2. The van der Waals surface area contributed by atoms with Crippen molar-refractivity contribution in [1.82, 2.24) is 5.43 Å². The minimum Gasteiger partial charge on any atom is -0.465 e. The van der Waals surface area contributed by atoms with Gasteiger partial charge in [-0.05, 0) is 48.4 Å². The number of ether oxygens (including phenoxy) is 1. The molecule has 0 atom stereocenters. The Morgan fingerprint density at radius 2 is 1.64 bits per heavy atom. The molecule has 0 aliphatic carbocycles. The lowest BCUT2D eigenvalue weighted by atomic mass is 10.1. The number of anilines is 1. The standard InChI is InChI=1S/C20H20BrN3O4/c1-28-20(27)15-7-5-14(6-8-15)13-22-24-19(26)4-2-3-18(25)23-17-11-9-16(21)10-12-17/h5-13H,2-4H2,1H3,(H,23,25)(H,24,26)/b22-13-. The van der Waals surface area contributed by atoms with Crippen LogP contribution in [0.3, 0.4) is 0 Å². The lowest BCUT2D eigenvalue weighted by Crippen LogP contribution is -2.18. The summed E-state index contributed by atoms with van der Waals surface area (Å²) in [4.78, 5) is 35.0. The number of rotatable bonds is 8. The van der Waals surface area contributed by atoms with Crippen molar-refractivity contribution in [2.75, 3.05) is 12.4 Å². The van der Waals surface area contributed by atoms with Crippen LogP contribution < -0.4 is 10.7 Å². The van der Waals surface area contributed by atoms with E-state index in [9.17, 15) is 14.4 Å². The van der Waals surface area contributed by atoms with E-state index >= 15 is 0 Å². The zero-order valence-corrected chi connectivity index (χ0v) is 16.9. The Morgan fingerprint density at radius 3 is 2.29 bits per heavy atom. The van der Waals surface area contributed by atoms with Gasteiger partial charge in [0.1, 0.15) is 0 Å². The number of amides is 2. The number of methoxy groups -OCH3 is 1. The van der Waals surface area contributed by atoms with E-state index in [0.717, 1.165) is 10.0 Å². The molecule has 0 unspecified atom stereocenters. The largest absolute Gasteiger partial charge is 0.465 e. The van der Waals surface area contributed by atoms with Gasteiger partial charge >= 0.3 is 5.97 Å². The molecule has 0 aliphatic heterocycles. The van der Waals surface area contributed by atoms with Gasteiger partial charge < -0.3 is 10.1 Å². The number of hydrazone groups is 1. The minimum atomic E-state index is -0.416. The average Bonchev–Trinajstić information content (AvgIpc) is 2.69. The second-order valence-corrected chi connectivity index (χ2v) is 6.73. The van der Waals surface area contributed by atoms with Crippen LogP contribution in [0.25, 0.3) is 0 Å². The molecular weight excluding hydrogens is 426 g/mol. The Labute approximate surface area is 171 Å². The van der Waals surface area contributed by atoms with Gasteiger partial charge in [0.05, 0.1) is 18.9 Å². The zero-order valence-electron chi connectivity index (χ0n) is 15.3. The molecule has 0 radical (unpaired) electrons. The Balaban J connectivity index is 1.68. The Morgan fingerprint density at radius 1 is 1.00 bits per heavy atom. The molecule has 0 spiro atoms. The summed E-state index contributed by atoms with van der Waals surface area (Å²) in [6, 6.07) is 13.9. The monoisotopic (exact) mass is 445 g/mol. The van der Waals surface area contributed by atoms with Crippen molar-refractivity contribution in [2.24, 2.45) is 5.10 Å². The van der Waals surface area contributed by atoms with E-state index in [1.165, 1.54) is 13.3 Å². The van der Waals surface area contributed by atoms with Crippen LogP contribution in [0.2, 0.25) is 0 Å². The molecule has 8 heteroatoms. The fourth-order valence-corrected chi connectivity index (χ4v) is 2.49. The highest BCUT2D eigenvalue weighted by molar-refractivity contribution is 9.10. The van der Waals surface area contributed by atoms with Gasteiger partial charge in [0.15, 0.2) is 0 Å². The number of nitrogens with zero attached hydrogens (tertiary/aromatic N) is 1. The number of esters is 1. The highest BCUT2D eigenvalue weighted by atomic mass is 79.9. The van der Waals surface area contributed by atoms with Gasteiger partial charge in [0.2, 0.25) is 11.8 Å². The van der Waals surface area contributed by atoms with Crippen LogP contribution in [0.5, 0.6) is 0 Å². The summed E-state index contributed by atoms with van der Waals surface area (Å²) in [5.74, 6) is -0.843. The lowest BCUT2D eigenvalue weighted by molar-refractivity contribution is -0.121. The van der Waals surface area contributed by atoms with Crippen molar-refractivity contribution in [3.8, 4) is 0 Å². The van der Waals surface area contributed by atoms with Gasteiger partial charge in [0.25, 0.3) is 0 Å². The third-order valence-electron chi connectivity index (χ3n) is 3.67. The first-order valence-corrected chi connectivity index (χ1v) is 9.33. The maximum atomic E-state index is 11.9. The van der Waals surface area contributed by atoms with Gasteiger partial charge in [-0.25, -0.2) is 10.2 Å². The van der Waals surface area contributed by atoms with Crippen LogP contribution in [0.4, 0.5) is 5.69 Å². The molecule has 0 heterocycles. The third-order valence-corrected chi connectivity index (χ3v) is 4.20. The molecule has 2 aromatic rings. The topological polar surface area (TPSA) is 96.9 Å². The normalized spacial score (nSPS) is 10.5. The van der Waals surface area contributed by atoms with Gasteiger partial charge in [-0.15, -0.1) is 0 Å². The summed E-state index contributed by atoms with van der Waals surface area (Å²) in [6.45, 7) is 0. The van der Waals surface area contributed by atoms with Crippen molar-refractivity contribution < 1.29 is 19.1 Å². The molecule has 2 amide bonds. The highest BCUT2D eigenvalue weighted by Gasteiger charge is 2.06. The van der Waals surface area contributed by atoms with Crippen LogP contribution in [-0.4, -0.2) is 31.1 Å². The molecule has 0 aliphatic rings. The van der Waals surface area contributed by atoms with Crippen LogP contribution in [0, 0.1) is 0 Å². The van der Waals surface area contributed by atoms with Crippen LogP contribution in [0.1, 0.15) is 35.2 Å². The summed E-state index contributed by atoms with van der Waals surface area (Å²) in [7, 11) is 1.32. The quantitative estimate of drug-likeness (QED) is 0.369. The number of hydrogen-bond acceptors (Lipinski definition) is 5. The minimum absolute atomic E-state index is 0.149. The Bertz CT molecular complexity index is 849. The lowest BCUT2D eigenvalue weighted by Gasteiger charge is -2.05. The molecule has 0 fully saturated rings. The number of hydrogen-bond donors (Lipinski definition) is 2. The predicted octanol–water partition coefficient (Wildman–Crippen LogP) is 3.49. The molecule has 7 nitrogen and oxygen atoms in total. The van der Waals surface area contributed by atoms with E-state index in [2.05, 4.69) is 36.5 Å². The second-order valence-electron chi connectivity index (χ2n) is 5.82. The molecule has 2 N–H and O–H groups in total. The maximum Gasteiger partial charge on any atom is 0.337 e. The first-order chi connectivity index (χ1) is 13.5. The molecule has 28 heavy (non-hydrogen) atoms. The van der Waals surface area contributed by atoms with E-state index < -0.39 is 5.97 Å². The van der Waals surface area contributed by atoms with Crippen molar-refractivity contribution in [2.45, 2.75) is 19.3 Å². The highest BCUT2D eigenvalue weighted by Crippen LogP contribution is 2.14. The smallest absolute Gasteiger partial charge is 0.337 e. The molecule has 2 aromatic carbocycles. The summed E-state index contributed by atoms with van der Waals surface area (Å²) < 4.78 is 5.55. The van der Waals surface area contributed by atoms with Gasteiger partial charge in [-0.3, -0.25) is 9.59 Å². The maximum absolute atomic E-state index is 11.9. The summed E-state index contributed by atoms with van der Waals surface area (Å²) in [6.07, 6.45) is 2.31. The zero-order chi connectivity index (χ0) is 20.4. The van der Waals surface area contributed by atoms with Crippen molar-refractivity contribution in [3.05, 3.63) is 64.1 Å². The van der Waals surface area contributed by atoms with Crippen LogP contribution in [0.15, 0.2) is 58.1 Å². The molecule has 0 bridgehead atoms. The van der Waals surface area contributed by atoms with E-state index in [0.29, 0.717) is 17.7 Å². The number of halogens is 1. The van der Waals surface area contributed by atoms with Crippen LogP contribution in [-0.2, 0) is 14.3 Å². The summed E-state index contributed by atoms with van der Waals surface area (Å²) in [5, 5.41) is 6.63. The number of carbonyl (C=O) groups excluding carboxylic acids is 3. The summed E-state index contributed by atoms with van der Waals surface area (Å²) in [5.41, 5.74) is 4.28. The van der Waals surface area contributed by atoms with E-state index in [-0.39, 0.29) is 24.7 Å². The second kappa shape index (κ2) is 11.0. The first kappa shape index (κ1) is 21.3. The molecule has 146 valence electrons. The van der Waals surface area contributed by atoms with Crippen molar-refractivity contribution in [1.29, 1.82) is 0 Å². The fraction of sp³-hybridized carbons (Fsp3) is 0.200. The van der Waals surface area contributed by atoms with E-state index in [1.807, 2.05) is 12.1 Å². The molecule has 0 saturated heterocycles. The predicted molar refractivity (Wildman–Crippen MR) is 110 cm³/mol. The van der Waals surface area contributed by atoms with Crippen molar-refractivity contribution in [3.63, 3.8) is 0 Å². The Kier molecular flexibility index (Phi) is 8.36. The van der Waals surface area contributed by atoms with Gasteiger partial charge in [-0.1, -0.05) is 28.1 Å². The van der Waals surface area contributed by atoms with Crippen LogP contribution >= 0.6 is 15.9 Å². The Hall–Kier alpha value is -3.00. The van der Waals surface area contributed by atoms with Gasteiger partial charge in [0, 0.05) is 23.0 Å². The molecule has 0 saturated carbocycles. The SMILES string of the molecule is COC(=O)c1ccc(/C=N\NC(=O)CCCC(=O)Nc2ccc(Br)cc2)cc1. The van der Waals surface area contributed by atoms with E-state index in [1.54, 1.807) is 36.4 Å². The number of benzene rings is 2. The van der Waals surface area contributed by atoms with Gasteiger partial charge in [-0.2, -0.15) is 5.10 Å². The molecular formula is C20H20BrN3O4.